The van der Waals surface area contributed by atoms with Gasteiger partial charge in [0.2, 0.25) is 5.82 Å². The van der Waals surface area contributed by atoms with Gasteiger partial charge in [0, 0.05) is 16.7 Å². The van der Waals surface area contributed by atoms with Crippen molar-refractivity contribution < 1.29 is 10.0 Å². The number of pyridine rings is 1. The van der Waals surface area contributed by atoms with Crippen molar-refractivity contribution in [2.75, 3.05) is 0 Å². The van der Waals surface area contributed by atoms with E-state index in [1.165, 1.54) is 24.4 Å². The third kappa shape index (κ3) is 2.53. The smallest absolute Gasteiger partial charge is 0.298 e. The Kier molecular flexibility index (Phi) is 3.55. The van der Waals surface area contributed by atoms with Crippen molar-refractivity contribution in [1.82, 2.24) is 20.2 Å². The summed E-state index contributed by atoms with van der Waals surface area (Å²) >= 11 is 3.30. The molecule has 0 atom stereocenters. The molecule has 0 radical (unpaired) electrons. The number of nitrogens with zero attached hydrogens (tertiary/aromatic N) is 4. The number of phenolic OH excluding ortho intramolecular Hbond substituents is 1. The molecule has 0 amide bonds. The highest BCUT2D eigenvalue weighted by atomic mass is 79.9. The molecule has 0 aliphatic carbocycles. The zero-order chi connectivity index (χ0) is 15.7. The SMILES string of the molecule is O=[N+]([O-])c1cccnc1-c1n[nH]c(-c2cc(Br)ccc2O)n1. The number of hydrogen-bond donors (Lipinski definition) is 2. The Labute approximate surface area is 132 Å². The Balaban J connectivity index is 2.09. The molecular formula is C13H8BrN5O3. The van der Waals surface area contributed by atoms with Gasteiger partial charge in [0.25, 0.3) is 5.69 Å². The van der Waals surface area contributed by atoms with Gasteiger partial charge in [-0.3, -0.25) is 15.2 Å². The van der Waals surface area contributed by atoms with Gasteiger partial charge in [-0.15, -0.1) is 0 Å². The second-order valence-corrected chi connectivity index (χ2v) is 5.21. The summed E-state index contributed by atoms with van der Waals surface area (Å²) in [6, 6.07) is 7.64. The lowest BCUT2D eigenvalue weighted by molar-refractivity contribution is -0.384. The molecular weight excluding hydrogens is 354 g/mol. The number of aromatic amines is 1. The predicted octanol–water partition coefficient (Wildman–Crippen LogP) is 2.91. The first-order chi connectivity index (χ1) is 10.6. The van der Waals surface area contributed by atoms with Crippen LogP contribution < -0.4 is 0 Å². The highest BCUT2D eigenvalue weighted by molar-refractivity contribution is 9.10. The predicted molar refractivity (Wildman–Crippen MR) is 81.1 cm³/mol. The number of hydrogen-bond acceptors (Lipinski definition) is 6. The van der Waals surface area contributed by atoms with E-state index in [-0.39, 0.29) is 28.8 Å². The summed E-state index contributed by atoms with van der Waals surface area (Å²) in [5, 5.41) is 27.5. The Bertz CT molecular complexity index is 864. The number of phenols is 1. The molecule has 2 N–H and O–H groups in total. The normalized spacial score (nSPS) is 10.6. The molecule has 0 fully saturated rings. The van der Waals surface area contributed by atoms with Gasteiger partial charge in [-0.05, 0) is 24.3 Å². The monoisotopic (exact) mass is 361 g/mol. The van der Waals surface area contributed by atoms with Crippen LogP contribution in [0.5, 0.6) is 5.75 Å². The molecule has 2 heterocycles. The van der Waals surface area contributed by atoms with Gasteiger partial charge in [-0.25, -0.2) is 9.97 Å². The van der Waals surface area contributed by atoms with E-state index >= 15 is 0 Å². The zero-order valence-corrected chi connectivity index (χ0v) is 12.5. The van der Waals surface area contributed by atoms with Crippen molar-refractivity contribution >= 4 is 21.6 Å². The molecule has 9 heteroatoms. The number of halogens is 1. The number of H-pyrrole nitrogens is 1. The van der Waals surface area contributed by atoms with Crippen LogP contribution in [0, 0.1) is 10.1 Å². The van der Waals surface area contributed by atoms with Crippen molar-refractivity contribution in [2.24, 2.45) is 0 Å². The standard InChI is InChI=1S/C13H8BrN5O3/c14-7-3-4-10(20)8(6-7)12-16-13(18-17-12)11-9(19(21)22)2-1-5-15-11/h1-6,20H,(H,16,17,18). The van der Waals surface area contributed by atoms with Crippen molar-refractivity contribution in [3.8, 4) is 28.7 Å². The summed E-state index contributed by atoms with van der Waals surface area (Å²) in [4.78, 5) is 18.6. The van der Waals surface area contributed by atoms with E-state index in [0.29, 0.717) is 5.56 Å². The van der Waals surface area contributed by atoms with E-state index in [0.717, 1.165) is 4.47 Å². The summed E-state index contributed by atoms with van der Waals surface area (Å²) < 4.78 is 0.752. The number of nitrogens with one attached hydrogen (secondary N) is 1. The van der Waals surface area contributed by atoms with Gasteiger partial charge in [-0.1, -0.05) is 15.9 Å². The summed E-state index contributed by atoms with van der Waals surface area (Å²) in [6.45, 7) is 0. The van der Waals surface area contributed by atoms with E-state index in [2.05, 4.69) is 36.1 Å². The second-order valence-electron chi connectivity index (χ2n) is 4.30. The van der Waals surface area contributed by atoms with Gasteiger partial charge in [0.15, 0.2) is 11.5 Å². The minimum absolute atomic E-state index is 0.0152. The van der Waals surface area contributed by atoms with Gasteiger partial charge < -0.3 is 5.11 Å². The lowest BCUT2D eigenvalue weighted by Gasteiger charge is -2.00. The van der Waals surface area contributed by atoms with Crippen LogP contribution in [0.1, 0.15) is 0 Å². The maximum Gasteiger partial charge on any atom is 0.298 e. The first-order valence-corrected chi connectivity index (χ1v) is 6.86. The molecule has 0 saturated carbocycles. The number of rotatable bonds is 3. The van der Waals surface area contributed by atoms with Crippen LogP contribution in [-0.4, -0.2) is 30.2 Å². The topological polar surface area (TPSA) is 118 Å². The van der Waals surface area contributed by atoms with Crippen LogP contribution in [0.15, 0.2) is 41.0 Å². The van der Waals surface area contributed by atoms with Crippen molar-refractivity contribution in [1.29, 1.82) is 0 Å². The third-order valence-corrected chi connectivity index (χ3v) is 3.39. The molecule has 1 aromatic carbocycles. The van der Waals surface area contributed by atoms with Crippen LogP contribution in [0.2, 0.25) is 0 Å². The number of benzene rings is 1. The maximum absolute atomic E-state index is 11.0. The van der Waals surface area contributed by atoms with E-state index in [4.69, 9.17) is 0 Å². The number of aromatic hydroxyl groups is 1. The Hall–Kier alpha value is -2.81. The molecule has 3 aromatic rings. The molecule has 2 aromatic heterocycles. The molecule has 22 heavy (non-hydrogen) atoms. The first-order valence-electron chi connectivity index (χ1n) is 6.07. The van der Waals surface area contributed by atoms with Gasteiger partial charge >= 0.3 is 0 Å². The van der Waals surface area contributed by atoms with E-state index in [1.54, 1.807) is 12.1 Å². The minimum Gasteiger partial charge on any atom is -0.507 e. The highest BCUT2D eigenvalue weighted by Crippen LogP contribution is 2.31. The minimum atomic E-state index is -0.547. The summed E-state index contributed by atoms with van der Waals surface area (Å²) in [5.41, 5.74) is 0.294. The van der Waals surface area contributed by atoms with Gasteiger partial charge in [0.05, 0.1) is 10.5 Å². The molecule has 0 spiro atoms. The lowest BCUT2D eigenvalue weighted by atomic mass is 10.2. The second kappa shape index (κ2) is 5.53. The van der Waals surface area contributed by atoms with Crippen molar-refractivity contribution in [3.05, 3.63) is 51.1 Å². The molecule has 0 aliphatic rings. The van der Waals surface area contributed by atoms with Gasteiger partial charge in [-0.2, -0.15) is 5.10 Å². The maximum atomic E-state index is 11.0. The number of aromatic nitrogens is 4. The van der Waals surface area contributed by atoms with E-state index in [1.807, 2.05) is 0 Å². The quantitative estimate of drug-likeness (QED) is 0.546. The molecule has 0 aliphatic heterocycles. The van der Waals surface area contributed by atoms with Gasteiger partial charge in [0.1, 0.15) is 5.75 Å². The average molecular weight is 362 g/mol. The zero-order valence-electron chi connectivity index (χ0n) is 10.9. The average Bonchev–Trinajstić information content (AvgIpc) is 2.99. The fourth-order valence-electron chi connectivity index (χ4n) is 1.90. The van der Waals surface area contributed by atoms with Crippen LogP contribution in [0.25, 0.3) is 22.9 Å². The Morgan fingerprint density at radius 2 is 2.14 bits per heavy atom. The van der Waals surface area contributed by atoms with Crippen LogP contribution >= 0.6 is 15.9 Å². The summed E-state index contributed by atoms with van der Waals surface area (Å²) in [7, 11) is 0. The molecule has 0 saturated heterocycles. The molecule has 110 valence electrons. The molecule has 0 unspecified atom stereocenters. The summed E-state index contributed by atoms with van der Waals surface area (Å²) in [6.07, 6.45) is 1.43. The van der Waals surface area contributed by atoms with Crippen LogP contribution in [0.4, 0.5) is 5.69 Å². The Morgan fingerprint density at radius 3 is 2.91 bits per heavy atom. The molecule has 8 nitrogen and oxygen atoms in total. The van der Waals surface area contributed by atoms with Crippen LogP contribution in [0.3, 0.4) is 0 Å². The first kappa shape index (κ1) is 14.1. The Morgan fingerprint density at radius 1 is 1.32 bits per heavy atom. The lowest BCUT2D eigenvalue weighted by Crippen LogP contribution is -1.95. The number of nitro groups is 1. The van der Waals surface area contributed by atoms with E-state index < -0.39 is 4.92 Å². The fourth-order valence-corrected chi connectivity index (χ4v) is 2.26. The summed E-state index contributed by atoms with van der Waals surface area (Å²) in [5.74, 6) is 0.386. The largest absolute Gasteiger partial charge is 0.507 e. The van der Waals surface area contributed by atoms with Crippen molar-refractivity contribution in [2.45, 2.75) is 0 Å². The van der Waals surface area contributed by atoms with Crippen molar-refractivity contribution in [3.63, 3.8) is 0 Å². The van der Waals surface area contributed by atoms with E-state index in [9.17, 15) is 15.2 Å². The third-order valence-electron chi connectivity index (χ3n) is 2.89. The fraction of sp³-hybridized carbons (Fsp3) is 0. The highest BCUT2D eigenvalue weighted by Gasteiger charge is 2.20. The molecule has 3 rings (SSSR count). The van der Waals surface area contributed by atoms with Crippen LogP contribution in [-0.2, 0) is 0 Å². The molecule has 0 bridgehead atoms.